The zero-order chi connectivity index (χ0) is 54.0. The van der Waals surface area contributed by atoms with Crippen LogP contribution in [0.25, 0.3) is 34.2 Å². The summed E-state index contributed by atoms with van der Waals surface area (Å²) in [5.41, 5.74) is 6.51. The van der Waals surface area contributed by atoms with E-state index in [1.54, 1.807) is 49.3 Å². The molecule has 1 unspecified atom stereocenters. The van der Waals surface area contributed by atoms with Crippen LogP contribution in [-0.2, 0) is 59.4 Å². The molecule has 1 aliphatic heterocycles. The standard InChI is InChI=1S/C21H25N3O3.C20H21N3O3.C19H21N3O2/c1-13-16-4-3-15-17(20(16,2)7-8-21(13)26-11-12-27-21)23-18(24-19(15)25)14-5-9-22-10-6-14;1-11-15-4-3-14-17(20(15,2)9-13(10-24)16(11)25)22-18(23-19(14)26)12-5-7-21-8-6-12;1-11-14-4-3-13-16(19(14,2)8-5-15(11)23)21-17(22-18(13)24)12-6-9-20-10-7-12/h5-6,9-10,13,16H,3-4,7-8,11-12H2,1-2H3,(H,23,24,25);5-8,10-11,13,15H,3-4,9H2,1-2H3,(H,22,23,26);6-7,9-11,14H,3-5,8H2,1-2H3,(H,21,22,24)/t13-,16-,20-;11-,13?,15-,20-;11-,14-,19-/m111/s1. The van der Waals surface area contributed by atoms with Gasteiger partial charge in [-0.2, -0.15) is 0 Å². The maximum absolute atomic E-state index is 12.8. The zero-order valence-electron chi connectivity index (χ0n) is 44.7. The van der Waals surface area contributed by atoms with E-state index < -0.39 is 17.1 Å². The van der Waals surface area contributed by atoms with Gasteiger partial charge in [-0.25, -0.2) is 15.0 Å². The number of aldehydes is 1. The summed E-state index contributed by atoms with van der Waals surface area (Å²) in [5, 5.41) is 0. The number of ketones is 2. The molecule has 17 nitrogen and oxygen atoms in total. The molecule has 0 amide bonds. The molecular formula is C60H67N9O8. The lowest BCUT2D eigenvalue weighted by molar-refractivity contribution is -0.234. The molecule has 6 aromatic rings. The average molecular weight is 1040 g/mol. The molecule has 7 heterocycles. The van der Waals surface area contributed by atoms with Crippen molar-refractivity contribution in [3.05, 3.63) is 138 Å². The second-order valence-corrected chi connectivity index (χ2v) is 23.3. The van der Waals surface area contributed by atoms with Gasteiger partial charge in [0.2, 0.25) is 0 Å². The van der Waals surface area contributed by atoms with Gasteiger partial charge in [0.15, 0.2) is 5.79 Å². The van der Waals surface area contributed by atoms with Gasteiger partial charge in [0.05, 0.1) is 36.2 Å². The molecule has 17 heteroatoms. The van der Waals surface area contributed by atoms with E-state index in [0.29, 0.717) is 73.6 Å². The molecule has 13 rings (SSSR count). The molecule has 6 aliphatic carbocycles. The van der Waals surface area contributed by atoms with Crippen LogP contribution in [0.5, 0.6) is 0 Å². The topological polar surface area (TPSA) is 246 Å². The van der Waals surface area contributed by atoms with Gasteiger partial charge in [-0.1, -0.05) is 41.5 Å². The van der Waals surface area contributed by atoms with Gasteiger partial charge < -0.3 is 29.2 Å². The van der Waals surface area contributed by atoms with E-state index in [-0.39, 0.29) is 62.9 Å². The normalized spacial score (nSPS) is 30.3. The van der Waals surface area contributed by atoms with Gasteiger partial charge in [-0.05, 0) is 112 Å². The van der Waals surface area contributed by atoms with Crippen LogP contribution in [0.15, 0.2) is 88.0 Å². The first-order chi connectivity index (χ1) is 37.0. The molecule has 1 spiro atoms. The summed E-state index contributed by atoms with van der Waals surface area (Å²) in [4.78, 5) is 110. The molecule has 4 fully saturated rings. The van der Waals surface area contributed by atoms with Crippen LogP contribution in [0.2, 0.25) is 0 Å². The quantitative estimate of drug-likeness (QED) is 0.114. The summed E-state index contributed by atoms with van der Waals surface area (Å²) < 4.78 is 12.1. The Balaban J connectivity index is 0.000000123. The number of nitrogens with one attached hydrogen (secondary N) is 3. The predicted molar refractivity (Wildman–Crippen MR) is 287 cm³/mol. The number of hydrogen-bond donors (Lipinski definition) is 3. The summed E-state index contributed by atoms with van der Waals surface area (Å²) in [6, 6.07) is 11.1. The first-order valence-corrected chi connectivity index (χ1v) is 27.4. The fourth-order valence-electron chi connectivity index (χ4n) is 15.1. The molecule has 77 heavy (non-hydrogen) atoms. The molecule has 400 valence electrons. The first kappa shape index (κ1) is 52.1. The summed E-state index contributed by atoms with van der Waals surface area (Å²) in [7, 11) is 0. The van der Waals surface area contributed by atoms with E-state index in [1.807, 2.05) is 38.1 Å². The minimum atomic E-state index is -0.623. The monoisotopic (exact) mass is 1040 g/mol. The largest absolute Gasteiger partial charge is 0.347 e. The summed E-state index contributed by atoms with van der Waals surface area (Å²) in [5.74, 6) is 1.88. The number of aromatic nitrogens is 9. The Morgan fingerprint density at radius 2 is 0.922 bits per heavy atom. The highest BCUT2D eigenvalue weighted by Gasteiger charge is 2.58. The number of pyridine rings is 3. The predicted octanol–water partition coefficient (Wildman–Crippen LogP) is 7.55. The van der Waals surface area contributed by atoms with Crippen molar-refractivity contribution in [2.75, 3.05) is 13.2 Å². The highest BCUT2D eigenvalue weighted by molar-refractivity contribution is 5.96. The molecule has 3 saturated carbocycles. The smallest absolute Gasteiger partial charge is 0.254 e. The SMILES string of the molecule is C[C@@H]1[C@H]2CCc3c(nc(-c4ccncc4)[nH]c3=O)[C@]2(C)CCC12OCCO2.C[C@H]1C(=O)C(C=O)C[C@@]2(C)c3nc(-c4ccncc4)[nH]c(=O)c3CC[C@H]12.C[C@H]1C(=O)CC[C@@]2(C)c3nc(-c4ccncc4)[nH]c(=O)c3CC[C@H]12. The number of fused-ring (bicyclic) bond motifs is 9. The molecule has 0 bridgehead atoms. The third-order valence-electron chi connectivity index (χ3n) is 19.4. The van der Waals surface area contributed by atoms with Crippen molar-refractivity contribution >= 4 is 17.9 Å². The van der Waals surface area contributed by atoms with Gasteiger partial charge in [0.25, 0.3) is 16.7 Å². The third-order valence-corrected chi connectivity index (χ3v) is 19.4. The van der Waals surface area contributed by atoms with Gasteiger partial charge in [-0.15, -0.1) is 0 Å². The highest BCUT2D eigenvalue weighted by atomic mass is 16.7. The van der Waals surface area contributed by atoms with Gasteiger partial charge >= 0.3 is 0 Å². The average Bonchev–Trinajstić information content (AvgIpc) is 4.10. The van der Waals surface area contributed by atoms with Crippen molar-refractivity contribution in [2.45, 2.75) is 134 Å². The number of aromatic amines is 3. The van der Waals surface area contributed by atoms with Crippen LogP contribution in [0.4, 0.5) is 0 Å². The lowest BCUT2D eigenvalue weighted by Gasteiger charge is -2.54. The Labute approximate surface area is 446 Å². The zero-order valence-corrected chi connectivity index (χ0v) is 44.7. The minimum absolute atomic E-state index is 0.00667. The highest BCUT2D eigenvalue weighted by Crippen LogP contribution is 2.57. The Bertz CT molecular complexity index is 3430. The summed E-state index contributed by atoms with van der Waals surface area (Å²) in [6.07, 6.45) is 19.1. The van der Waals surface area contributed by atoms with Crippen molar-refractivity contribution in [1.29, 1.82) is 0 Å². The second-order valence-electron chi connectivity index (χ2n) is 23.3. The van der Waals surface area contributed by atoms with E-state index in [0.717, 1.165) is 96.1 Å². The van der Waals surface area contributed by atoms with Crippen molar-refractivity contribution < 1.29 is 23.9 Å². The number of carbonyl (C=O) groups is 3. The van der Waals surface area contributed by atoms with Crippen LogP contribution < -0.4 is 16.7 Å². The number of Topliss-reactive ketones (excluding diaryl/α,β-unsaturated/α-hetero) is 2. The molecule has 7 aliphatic rings. The fraction of sp³-hybridized carbons (Fsp3) is 0.500. The maximum atomic E-state index is 12.8. The Hall–Kier alpha value is -6.98. The van der Waals surface area contributed by atoms with E-state index >= 15 is 0 Å². The number of rotatable bonds is 4. The van der Waals surface area contributed by atoms with Crippen molar-refractivity contribution in [2.24, 2.45) is 41.4 Å². The van der Waals surface area contributed by atoms with Gasteiger partial charge in [0.1, 0.15) is 35.3 Å². The van der Waals surface area contributed by atoms with E-state index in [4.69, 9.17) is 24.4 Å². The molecular weight excluding hydrogens is 975 g/mol. The molecule has 0 aromatic carbocycles. The van der Waals surface area contributed by atoms with Crippen molar-refractivity contribution in [3.8, 4) is 34.2 Å². The summed E-state index contributed by atoms with van der Waals surface area (Å²) >= 11 is 0. The fourth-order valence-corrected chi connectivity index (χ4v) is 15.1. The molecule has 0 radical (unpaired) electrons. The Morgan fingerprint density at radius 3 is 1.36 bits per heavy atom. The Morgan fingerprint density at radius 1 is 0.519 bits per heavy atom. The number of hydrogen-bond acceptors (Lipinski definition) is 14. The number of H-pyrrole nitrogens is 3. The van der Waals surface area contributed by atoms with E-state index in [9.17, 15) is 28.8 Å². The van der Waals surface area contributed by atoms with Gasteiger partial charge in [-0.3, -0.25) is 38.9 Å². The molecule has 6 aromatic heterocycles. The third kappa shape index (κ3) is 8.86. The van der Waals surface area contributed by atoms with Gasteiger partial charge in [0, 0.05) is 117 Å². The second kappa shape index (κ2) is 20.1. The van der Waals surface area contributed by atoms with Crippen LogP contribution in [-0.4, -0.2) is 81.7 Å². The van der Waals surface area contributed by atoms with E-state index in [1.165, 1.54) is 0 Å². The lowest BCUT2D eigenvalue weighted by Crippen LogP contribution is -2.56. The van der Waals surface area contributed by atoms with E-state index in [2.05, 4.69) is 57.6 Å². The molecule has 3 N–H and O–H groups in total. The van der Waals surface area contributed by atoms with Crippen LogP contribution in [0.1, 0.15) is 127 Å². The van der Waals surface area contributed by atoms with Crippen LogP contribution in [0.3, 0.4) is 0 Å². The molecule has 10 atom stereocenters. The summed E-state index contributed by atoms with van der Waals surface area (Å²) in [6.45, 7) is 14.0. The van der Waals surface area contributed by atoms with Crippen molar-refractivity contribution in [3.63, 3.8) is 0 Å². The Kier molecular flexibility index (Phi) is 13.6. The van der Waals surface area contributed by atoms with Crippen molar-refractivity contribution in [1.82, 2.24) is 44.9 Å². The first-order valence-electron chi connectivity index (χ1n) is 27.4. The molecule has 1 saturated heterocycles. The van der Waals surface area contributed by atoms with Crippen LogP contribution in [0, 0.1) is 41.4 Å². The number of ether oxygens (including phenoxy) is 2. The minimum Gasteiger partial charge on any atom is -0.347 e. The number of nitrogens with zero attached hydrogens (tertiary/aromatic N) is 6. The van der Waals surface area contributed by atoms with Crippen LogP contribution >= 0.6 is 0 Å². The lowest BCUT2D eigenvalue weighted by atomic mass is 9.54. The maximum Gasteiger partial charge on any atom is 0.254 e. The number of carbonyl (C=O) groups excluding carboxylic acids is 3.